The fourth-order valence-electron chi connectivity index (χ4n) is 1.06. The molecule has 2 aliphatic heterocycles. The molecule has 0 aliphatic carbocycles. The van der Waals surface area contributed by atoms with Gasteiger partial charge in [0.15, 0.2) is 0 Å². The van der Waals surface area contributed by atoms with Crippen LogP contribution in [0.3, 0.4) is 0 Å². The Hall–Kier alpha value is -0.410. The van der Waals surface area contributed by atoms with Gasteiger partial charge in [-0.3, -0.25) is 0 Å². The molecule has 0 aromatic carbocycles. The molecule has 0 saturated heterocycles. The van der Waals surface area contributed by atoms with Crippen LogP contribution < -0.4 is 5.73 Å². The summed E-state index contributed by atoms with van der Waals surface area (Å²) >= 11 is 1.74. The van der Waals surface area contributed by atoms with Crippen LogP contribution in [0, 0.1) is 0 Å². The van der Waals surface area contributed by atoms with E-state index >= 15 is 0 Å². The molecule has 0 spiro atoms. The van der Waals surface area contributed by atoms with Gasteiger partial charge in [0, 0.05) is 12.6 Å². The molecule has 2 N–H and O–H groups in total. The highest BCUT2D eigenvalue weighted by molar-refractivity contribution is 8.06. The second kappa shape index (κ2) is 1.78. The lowest BCUT2D eigenvalue weighted by Crippen LogP contribution is -2.30. The van der Waals surface area contributed by atoms with Gasteiger partial charge in [-0.05, 0) is 5.41 Å². The molecule has 0 radical (unpaired) electrons. The molecular formula is C6H8N2S. The standard InChI is InChI=1S/C6H8N2S/c7-5-1-2-6-8(5)3-4-9-6/h2-5H,1,7H2. The van der Waals surface area contributed by atoms with Crippen LogP contribution in [0.25, 0.3) is 0 Å². The van der Waals surface area contributed by atoms with E-state index in [2.05, 4.69) is 16.4 Å². The van der Waals surface area contributed by atoms with Gasteiger partial charge in [0.05, 0.1) is 11.2 Å². The predicted octanol–water partition coefficient (Wildman–Crippen LogP) is 1.04. The number of nitrogens with zero attached hydrogens (tertiary/aromatic N) is 1. The first-order valence-corrected chi connectivity index (χ1v) is 3.83. The fraction of sp³-hybridized carbons (Fsp3) is 0.333. The van der Waals surface area contributed by atoms with Crippen LogP contribution in [0.5, 0.6) is 0 Å². The van der Waals surface area contributed by atoms with Crippen molar-refractivity contribution in [3.05, 3.63) is 22.7 Å². The Morgan fingerprint density at radius 2 is 2.67 bits per heavy atom. The smallest absolute Gasteiger partial charge is 0.0855 e. The van der Waals surface area contributed by atoms with E-state index in [4.69, 9.17) is 5.73 Å². The molecule has 2 rings (SSSR count). The van der Waals surface area contributed by atoms with Crippen molar-refractivity contribution in [3.8, 4) is 0 Å². The first-order chi connectivity index (χ1) is 4.38. The van der Waals surface area contributed by atoms with Crippen LogP contribution in [-0.4, -0.2) is 11.1 Å². The maximum atomic E-state index is 5.73. The molecule has 48 valence electrons. The molecule has 2 nitrogen and oxygen atoms in total. The molecule has 1 unspecified atom stereocenters. The van der Waals surface area contributed by atoms with Gasteiger partial charge in [0.25, 0.3) is 0 Å². The number of nitrogens with two attached hydrogens (primary N) is 1. The largest absolute Gasteiger partial charge is 0.326 e. The summed E-state index contributed by atoms with van der Waals surface area (Å²) in [6.07, 6.45) is 5.40. The van der Waals surface area contributed by atoms with E-state index in [0.29, 0.717) is 0 Å². The molecule has 1 atom stereocenters. The Morgan fingerprint density at radius 3 is 3.44 bits per heavy atom. The summed E-state index contributed by atoms with van der Waals surface area (Å²) in [5.74, 6) is 0. The molecule has 2 aliphatic rings. The molecule has 3 heteroatoms. The summed E-state index contributed by atoms with van der Waals surface area (Å²) in [6, 6.07) is 0. The maximum Gasteiger partial charge on any atom is 0.0855 e. The zero-order chi connectivity index (χ0) is 6.27. The third-order valence-electron chi connectivity index (χ3n) is 1.56. The zero-order valence-electron chi connectivity index (χ0n) is 4.95. The Bertz CT molecular complexity index is 185. The maximum absolute atomic E-state index is 5.73. The lowest BCUT2D eigenvalue weighted by Gasteiger charge is -2.16. The molecule has 0 amide bonds. The highest BCUT2D eigenvalue weighted by Gasteiger charge is 2.23. The van der Waals surface area contributed by atoms with Gasteiger partial charge < -0.3 is 10.6 Å². The summed E-state index contributed by atoms with van der Waals surface area (Å²) in [7, 11) is 0. The van der Waals surface area contributed by atoms with Gasteiger partial charge in [-0.15, -0.1) is 0 Å². The summed E-state index contributed by atoms with van der Waals surface area (Å²) < 4.78 is 0. The monoisotopic (exact) mass is 140 g/mol. The third kappa shape index (κ3) is 0.686. The van der Waals surface area contributed by atoms with Crippen molar-refractivity contribution in [3.63, 3.8) is 0 Å². The first kappa shape index (κ1) is 5.38. The number of rotatable bonds is 0. The lowest BCUT2D eigenvalue weighted by molar-refractivity contribution is 0.403. The van der Waals surface area contributed by atoms with Crippen LogP contribution in [0.4, 0.5) is 0 Å². The van der Waals surface area contributed by atoms with Crippen molar-refractivity contribution >= 4 is 11.8 Å². The molecular weight excluding hydrogens is 132 g/mol. The van der Waals surface area contributed by atoms with Crippen molar-refractivity contribution in [2.45, 2.75) is 12.6 Å². The molecule has 0 saturated carbocycles. The van der Waals surface area contributed by atoms with Gasteiger partial charge in [-0.2, -0.15) is 0 Å². The zero-order valence-corrected chi connectivity index (χ0v) is 5.77. The lowest BCUT2D eigenvalue weighted by atomic mass is 10.4. The SMILES string of the molecule is NC1CC=C2SC=CN21. The average Bonchev–Trinajstić information content (AvgIpc) is 2.35. The number of thioether (sulfide) groups is 1. The Labute approximate surface area is 58.4 Å². The minimum Gasteiger partial charge on any atom is -0.326 e. The Balaban J connectivity index is 2.26. The highest BCUT2D eigenvalue weighted by atomic mass is 32.2. The average molecular weight is 140 g/mol. The van der Waals surface area contributed by atoms with E-state index in [1.165, 1.54) is 5.03 Å². The van der Waals surface area contributed by atoms with Gasteiger partial charge in [-0.1, -0.05) is 17.8 Å². The normalized spacial score (nSPS) is 31.0. The fourth-order valence-corrected chi connectivity index (χ4v) is 1.90. The van der Waals surface area contributed by atoms with Crippen molar-refractivity contribution in [1.82, 2.24) is 4.90 Å². The van der Waals surface area contributed by atoms with E-state index in [1.54, 1.807) is 11.8 Å². The summed E-state index contributed by atoms with van der Waals surface area (Å²) in [5, 5.41) is 3.35. The first-order valence-electron chi connectivity index (χ1n) is 2.95. The minimum absolute atomic E-state index is 0.200. The predicted molar refractivity (Wildman–Crippen MR) is 39.2 cm³/mol. The molecule has 9 heavy (non-hydrogen) atoms. The van der Waals surface area contributed by atoms with Crippen molar-refractivity contribution in [2.24, 2.45) is 5.73 Å². The van der Waals surface area contributed by atoms with Crippen molar-refractivity contribution < 1.29 is 0 Å². The number of hydrogen-bond donors (Lipinski definition) is 1. The number of fused-ring (bicyclic) bond motifs is 1. The molecule has 2 heterocycles. The quantitative estimate of drug-likeness (QED) is 0.545. The molecule has 0 aromatic rings. The van der Waals surface area contributed by atoms with Gasteiger partial charge in [0.1, 0.15) is 0 Å². The van der Waals surface area contributed by atoms with E-state index in [-0.39, 0.29) is 6.17 Å². The summed E-state index contributed by atoms with van der Waals surface area (Å²) in [4.78, 5) is 2.10. The van der Waals surface area contributed by atoms with Crippen LogP contribution in [0.15, 0.2) is 22.7 Å². The highest BCUT2D eigenvalue weighted by Crippen LogP contribution is 2.34. The molecule has 0 bridgehead atoms. The second-order valence-corrected chi connectivity index (χ2v) is 3.08. The summed E-state index contributed by atoms with van der Waals surface area (Å²) in [6.45, 7) is 0. The van der Waals surface area contributed by atoms with Crippen LogP contribution in [0.1, 0.15) is 6.42 Å². The van der Waals surface area contributed by atoms with E-state index < -0.39 is 0 Å². The van der Waals surface area contributed by atoms with Crippen molar-refractivity contribution in [2.75, 3.05) is 0 Å². The van der Waals surface area contributed by atoms with Gasteiger partial charge >= 0.3 is 0 Å². The molecule has 0 fully saturated rings. The summed E-state index contributed by atoms with van der Waals surface area (Å²) in [5.41, 5.74) is 5.73. The van der Waals surface area contributed by atoms with Crippen molar-refractivity contribution in [1.29, 1.82) is 0 Å². The van der Waals surface area contributed by atoms with Crippen LogP contribution >= 0.6 is 11.8 Å². The molecule has 0 aromatic heterocycles. The topological polar surface area (TPSA) is 29.3 Å². The van der Waals surface area contributed by atoms with Gasteiger partial charge in [0.2, 0.25) is 0 Å². The second-order valence-electron chi connectivity index (χ2n) is 2.16. The van der Waals surface area contributed by atoms with E-state index in [1.807, 2.05) is 6.20 Å². The third-order valence-corrected chi connectivity index (χ3v) is 2.43. The van der Waals surface area contributed by atoms with Crippen LogP contribution in [-0.2, 0) is 0 Å². The van der Waals surface area contributed by atoms with Crippen LogP contribution in [0.2, 0.25) is 0 Å². The van der Waals surface area contributed by atoms with E-state index in [9.17, 15) is 0 Å². The van der Waals surface area contributed by atoms with Gasteiger partial charge in [-0.25, -0.2) is 0 Å². The Morgan fingerprint density at radius 1 is 1.78 bits per heavy atom. The number of hydrogen-bond acceptors (Lipinski definition) is 3. The van der Waals surface area contributed by atoms with E-state index in [0.717, 1.165) is 6.42 Å². The minimum atomic E-state index is 0.200. The Kier molecular flexibility index (Phi) is 1.07.